The molecule has 2 rings (SSSR count). The molecule has 2 aromatic carbocycles. The number of unbranched alkanes of at least 4 members (excludes halogenated alkanes) is 64. The minimum Gasteiger partial charge on any atom is -0.744 e. The van der Waals surface area contributed by atoms with E-state index in [1.54, 1.807) is 24.3 Å². The predicted molar refractivity (Wildman–Crippen MR) is 398 cm³/mol. The van der Waals surface area contributed by atoms with Gasteiger partial charge >= 0.3 is 48.9 Å². The second kappa shape index (κ2) is 71.1. The summed E-state index contributed by atoms with van der Waals surface area (Å²) in [4.78, 5) is -0.264. The Balaban J connectivity index is 0.00000176. The Hall–Kier alpha value is -0.169. The zero-order valence-corrected chi connectivity index (χ0v) is 66.7. The summed E-state index contributed by atoms with van der Waals surface area (Å²) < 4.78 is 66.0. The molecule has 528 valence electrons. The zero-order valence-electron chi connectivity index (χ0n) is 60.7. The molecule has 0 unspecified atom stereocenters. The summed E-state index contributed by atoms with van der Waals surface area (Å²) in [6.45, 7) is 4.60. The molecule has 91 heavy (non-hydrogen) atoms. The number of benzene rings is 2. The van der Waals surface area contributed by atoms with E-state index in [2.05, 4.69) is 13.8 Å². The Labute approximate surface area is 609 Å². The fourth-order valence-corrected chi connectivity index (χ4v) is 14.3. The van der Waals surface area contributed by atoms with Gasteiger partial charge in [0.05, 0.1) is 9.79 Å². The quantitative estimate of drug-likeness (QED) is 0.0370. The topological polar surface area (TPSA) is 114 Å². The van der Waals surface area contributed by atoms with Crippen molar-refractivity contribution in [1.82, 2.24) is 0 Å². The number of hydrogen-bond acceptors (Lipinski definition) is 6. The van der Waals surface area contributed by atoms with Crippen molar-refractivity contribution < 1.29 is 25.9 Å². The van der Waals surface area contributed by atoms with Crippen LogP contribution in [0.25, 0.3) is 0 Å². The largest absolute Gasteiger partial charge is 2.00 e. The van der Waals surface area contributed by atoms with Crippen molar-refractivity contribution in [3.8, 4) is 0 Å². The van der Waals surface area contributed by atoms with E-state index < -0.39 is 20.2 Å². The molecule has 0 N–H and O–H groups in total. The molecule has 6 nitrogen and oxygen atoms in total. The van der Waals surface area contributed by atoms with Crippen LogP contribution < -0.4 is 0 Å². The molecule has 0 saturated carbocycles. The van der Waals surface area contributed by atoms with E-state index in [4.69, 9.17) is 0 Å². The molecule has 0 atom stereocenters. The van der Waals surface area contributed by atoms with Crippen molar-refractivity contribution >= 4 is 69.1 Å². The third kappa shape index (κ3) is 66.8. The van der Waals surface area contributed by atoms with Crippen LogP contribution in [0.15, 0.2) is 58.3 Å². The van der Waals surface area contributed by atoms with E-state index >= 15 is 0 Å². The maximum atomic E-state index is 11.0. The Morgan fingerprint density at radius 2 is 0.308 bits per heavy atom. The van der Waals surface area contributed by atoms with Crippen molar-refractivity contribution in [3.05, 3.63) is 59.7 Å². The first kappa shape index (κ1) is 90.8. The van der Waals surface area contributed by atoms with Gasteiger partial charge < -0.3 is 9.11 Å². The molecule has 0 fully saturated rings. The van der Waals surface area contributed by atoms with Gasteiger partial charge in [0.15, 0.2) is 0 Å². The molecule has 0 saturated heterocycles. The molecule has 0 aliphatic rings. The molecule has 0 radical (unpaired) electrons. The summed E-state index contributed by atoms with van der Waals surface area (Å²) >= 11 is 0. The molecule has 0 aliphatic heterocycles. The Morgan fingerprint density at radius 1 is 0.198 bits per heavy atom. The smallest absolute Gasteiger partial charge is 0.744 e. The van der Waals surface area contributed by atoms with Crippen molar-refractivity contribution in [3.63, 3.8) is 0 Å². The molecule has 9 heteroatoms. The molecule has 0 aliphatic carbocycles. The van der Waals surface area contributed by atoms with Gasteiger partial charge in [-0.05, 0) is 61.1 Å². The Kier molecular flexibility index (Phi) is 71.0. The number of aryl methyl sites for hydroxylation is 2. The fraction of sp³-hybridized carbons (Fsp3) is 0.854. The summed E-state index contributed by atoms with van der Waals surface area (Å²) in [6.07, 6.45) is 95.8. The number of hydrogen-bond donors (Lipinski definition) is 0. The van der Waals surface area contributed by atoms with Gasteiger partial charge in [0.2, 0.25) is 0 Å². The van der Waals surface area contributed by atoms with Gasteiger partial charge in [0.25, 0.3) is 0 Å². The minimum atomic E-state index is -4.33. The average molecular weight is 1430 g/mol. The molecule has 2 aromatic rings. The van der Waals surface area contributed by atoms with Gasteiger partial charge in [-0.25, -0.2) is 16.8 Å². The van der Waals surface area contributed by atoms with Crippen LogP contribution in [0.2, 0.25) is 0 Å². The van der Waals surface area contributed by atoms with Crippen LogP contribution in [0.4, 0.5) is 0 Å². The molecule has 0 aromatic heterocycles. The SMILES string of the molecule is CCCCCCCCCCCCCCCCCCCCCCCCCCCCCCCCCCCc1ccc(S(=O)(=O)[O-])cc1.CCCCCCCCCCCCCCCCCCCCCCCCCCCCCCCCCCCc1ccc(S(=O)(=O)[O-])cc1.[Ba+2]. The van der Waals surface area contributed by atoms with Crippen LogP contribution in [0.5, 0.6) is 0 Å². The van der Waals surface area contributed by atoms with Gasteiger partial charge in [-0.3, -0.25) is 0 Å². The third-order valence-electron chi connectivity index (χ3n) is 19.6. The summed E-state index contributed by atoms with van der Waals surface area (Å²) in [7, 11) is -8.66. The summed E-state index contributed by atoms with van der Waals surface area (Å²) in [5.74, 6) is 0. The van der Waals surface area contributed by atoms with Crippen molar-refractivity contribution in [1.29, 1.82) is 0 Å². The molecular weight excluding hydrogens is 1280 g/mol. The first-order chi connectivity index (χ1) is 44.1. The van der Waals surface area contributed by atoms with Crippen LogP contribution in [0, 0.1) is 0 Å². The van der Waals surface area contributed by atoms with Crippen LogP contribution in [-0.2, 0) is 33.1 Å². The van der Waals surface area contributed by atoms with Crippen LogP contribution >= 0.6 is 0 Å². The van der Waals surface area contributed by atoms with Gasteiger partial charge in [-0.15, -0.1) is 0 Å². The van der Waals surface area contributed by atoms with E-state index in [1.807, 2.05) is 0 Å². The second-order valence-electron chi connectivity index (χ2n) is 28.3. The van der Waals surface area contributed by atoms with Gasteiger partial charge in [0.1, 0.15) is 20.2 Å². The van der Waals surface area contributed by atoms with Crippen LogP contribution in [0.1, 0.15) is 449 Å². The van der Waals surface area contributed by atoms with Crippen LogP contribution in [-0.4, -0.2) is 74.8 Å². The van der Waals surface area contributed by atoms with Gasteiger partial charge in [-0.2, -0.15) is 0 Å². The van der Waals surface area contributed by atoms with E-state index in [9.17, 15) is 25.9 Å². The minimum absolute atomic E-state index is 0. The third-order valence-corrected chi connectivity index (χ3v) is 21.3. The standard InChI is InChI=1S/2C41H76O3S.Ba/c2*1-2-3-4-5-6-7-8-9-10-11-12-13-14-15-16-17-18-19-20-21-22-23-24-25-26-27-28-29-30-31-32-33-34-35-40-36-38-41(39-37-40)45(42,43)44;/h2*36-39H,2-35H2,1H3,(H,42,43,44);/q;;+2/p-2. The second-order valence-corrected chi connectivity index (χ2v) is 31.1. The van der Waals surface area contributed by atoms with E-state index in [1.165, 1.54) is 435 Å². The van der Waals surface area contributed by atoms with Gasteiger partial charge in [-0.1, -0.05) is 449 Å². The summed E-state index contributed by atoms with van der Waals surface area (Å²) in [5, 5.41) is 0. The number of rotatable bonds is 70. The van der Waals surface area contributed by atoms with E-state index in [-0.39, 0.29) is 58.7 Å². The summed E-state index contributed by atoms with van der Waals surface area (Å²) in [6, 6.07) is 12.8. The first-order valence-corrected chi connectivity index (χ1v) is 43.0. The normalized spacial score (nSPS) is 11.7. The molecule has 0 amide bonds. The summed E-state index contributed by atoms with van der Waals surface area (Å²) in [5.41, 5.74) is 2.23. The van der Waals surface area contributed by atoms with Crippen LogP contribution in [0.3, 0.4) is 0 Å². The predicted octanol–water partition coefficient (Wildman–Crippen LogP) is 27.7. The fourth-order valence-electron chi connectivity index (χ4n) is 13.4. The molecule has 0 heterocycles. The zero-order chi connectivity index (χ0) is 65.0. The van der Waals surface area contributed by atoms with Crippen molar-refractivity contribution in [2.45, 2.75) is 460 Å². The molecule has 0 bridgehead atoms. The molecule has 0 spiro atoms. The maximum Gasteiger partial charge on any atom is 2.00 e. The monoisotopic (exact) mass is 1430 g/mol. The Morgan fingerprint density at radius 3 is 0.418 bits per heavy atom. The Bertz CT molecular complexity index is 1820. The van der Waals surface area contributed by atoms with Crippen molar-refractivity contribution in [2.24, 2.45) is 0 Å². The molecular formula is C82H150BaO6S2. The van der Waals surface area contributed by atoms with Gasteiger partial charge in [0, 0.05) is 0 Å². The average Bonchev–Trinajstić information content (AvgIpc) is 2.45. The van der Waals surface area contributed by atoms with Crippen molar-refractivity contribution in [2.75, 3.05) is 0 Å². The van der Waals surface area contributed by atoms with E-state index in [0.29, 0.717) is 0 Å². The maximum absolute atomic E-state index is 11.0. The first-order valence-electron chi connectivity index (χ1n) is 40.2. The van der Waals surface area contributed by atoms with E-state index in [0.717, 1.165) is 36.8 Å².